The van der Waals surface area contributed by atoms with Crippen molar-refractivity contribution >= 4 is 17.5 Å². The van der Waals surface area contributed by atoms with Crippen molar-refractivity contribution in [3.8, 4) is 5.75 Å². The summed E-state index contributed by atoms with van der Waals surface area (Å²) < 4.78 is 5.08. The van der Waals surface area contributed by atoms with Crippen LogP contribution in [0.1, 0.15) is 10.4 Å². The maximum absolute atomic E-state index is 11.7. The Labute approximate surface area is 130 Å². The number of hydrogen-bond donors (Lipinski definition) is 2. The number of nitrogens with one attached hydrogen (secondary N) is 2. The summed E-state index contributed by atoms with van der Waals surface area (Å²) >= 11 is 0. The molecule has 1 heterocycles. The summed E-state index contributed by atoms with van der Waals surface area (Å²) in [4.78, 5) is 37.2. The molecule has 9 nitrogen and oxygen atoms in total. The average Bonchev–Trinajstić information content (AvgIpc) is 2.58. The molecule has 1 aromatic carbocycles. The average molecular weight is 316 g/mol. The summed E-state index contributed by atoms with van der Waals surface area (Å²) in [5, 5.41) is 10.8. The molecule has 23 heavy (non-hydrogen) atoms. The smallest absolute Gasteiger partial charge is 0.310 e. The maximum Gasteiger partial charge on any atom is 0.310 e. The molecule has 0 saturated carbocycles. The zero-order chi connectivity index (χ0) is 16.7. The minimum absolute atomic E-state index is 0.0342. The van der Waals surface area contributed by atoms with E-state index in [0.29, 0.717) is 5.56 Å². The van der Waals surface area contributed by atoms with Gasteiger partial charge >= 0.3 is 5.69 Å². The largest absolute Gasteiger partial charge is 0.477 e. The molecule has 2 rings (SSSR count). The number of aromatic nitrogens is 1. The minimum Gasteiger partial charge on any atom is -0.477 e. The standard InChI is InChI=1S/C14H12N4O5/c19-13(16-17-14(20)10-5-7-15-8-6-10)9-23-12-4-2-1-3-11(12)18(21)22/h1-8H,9H2,(H,16,19)(H,17,20). The van der Waals surface area contributed by atoms with Gasteiger partial charge in [-0.1, -0.05) is 12.1 Å². The van der Waals surface area contributed by atoms with Crippen molar-refractivity contribution in [3.05, 3.63) is 64.5 Å². The van der Waals surface area contributed by atoms with E-state index in [1.807, 2.05) is 0 Å². The van der Waals surface area contributed by atoms with Crippen molar-refractivity contribution in [1.82, 2.24) is 15.8 Å². The summed E-state index contributed by atoms with van der Waals surface area (Å²) in [6.45, 7) is -0.485. The first-order chi connectivity index (χ1) is 11.1. The van der Waals surface area contributed by atoms with Gasteiger partial charge in [-0.05, 0) is 18.2 Å². The van der Waals surface area contributed by atoms with Crippen LogP contribution in [0.25, 0.3) is 0 Å². The van der Waals surface area contributed by atoms with E-state index in [1.165, 1.54) is 42.7 Å². The van der Waals surface area contributed by atoms with Gasteiger partial charge in [-0.15, -0.1) is 0 Å². The predicted octanol–water partition coefficient (Wildman–Crippen LogP) is 0.830. The van der Waals surface area contributed by atoms with Crippen molar-refractivity contribution in [2.75, 3.05) is 6.61 Å². The van der Waals surface area contributed by atoms with Gasteiger partial charge in [0.2, 0.25) is 0 Å². The highest BCUT2D eigenvalue weighted by molar-refractivity contribution is 5.95. The molecular formula is C14H12N4O5. The molecule has 0 unspecified atom stereocenters. The summed E-state index contributed by atoms with van der Waals surface area (Å²) in [7, 11) is 0. The fraction of sp³-hybridized carbons (Fsp3) is 0.0714. The Morgan fingerprint density at radius 3 is 2.52 bits per heavy atom. The second kappa shape index (κ2) is 7.50. The number of ether oxygens (including phenoxy) is 1. The molecule has 0 atom stereocenters. The fourth-order valence-corrected chi connectivity index (χ4v) is 1.61. The number of rotatable bonds is 5. The second-order valence-corrected chi connectivity index (χ2v) is 4.25. The van der Waals surface area contributed by atoms with Crippen LogP contribution in [0.2, 0.25) is 0 Å². The molecule has 1 aromatic heterocycles. The number of carbonyl (C=O) groups is 2. The van der Waals surface area contributed by atoms with Crippen LogP contribution in [0.4, 0.5) is 5.69 Å². The number of nitrogens with zero attached hydrogens (tertiary/aromatic N) is 2. The van der Waals surface area contributed by atoms with Crippen LogP contribution < -0.4 is 15.6 Å². The summed E-state index contributed by atoms with van der Waals surface area (Å²) in [5.74, 6) is -1.22. The molecule has 0 aliphatic rings. The molecule has 0 spiro atoms. The van der Waals surface area contributed by atoms with Gasteiger partial charge in [-0.25, -0.2) is 0 Å². The normalized spacial score (nSPS) is 9.74. The highest BCUT2D eigenvalue weighted by Crippen LogP contribution is 2.25. The molecule has 9 heteroatoms. The Morgan fingerprint density at radius 1 is 1.13 bits per heavy atom. The summed E-state index contributed by atoms with van der Waals surface area (Å²) in [6.07, 6.45) is 2.88. The van der Waals surface area contributed by atoms with Gasteiger partial charge in [0.25, 0.3) is 11.8 Å². The first-order valence-corrected chi connectivity index (χ1v) is 6.43. The monoisotopic (exact) mass is 316 g/mol. The topological polar surface area (TPSA) is 123 Å². The third-order valence-electron chi connectivity index (χ3n) is 2.68. The van der Waals surface area contributed by atoms with Gasteiger partial charge in [-0.3, -0.25) is 35.5 Å². The SMILES string of the molecule is O=C(COc1ccccc1[N+](=O)[O-])NNC(=O)c1ccncc1. The van der Waals surface area contributed by atoms with E-state index in [2.05, 4.69) is 15.8 Å². The zero-order valence-electron chi connectivity index (χ0n) is 11.8. The van der Waals surface area contributed by atoms with Crippen LogP contribution in [-0.4, -0.2) is 28.3 Å². The number of amides is 2. The molecule has 0 saturated heterocycles. The summed E-state index contributed by atoms with van der Waals surface area (Å²) in [5.41, 5.74) is 4.41. The number of hydrogen-bond acceptors (Lipinski definition) is 6. The lowest BCUT2D eigenvalue weighted by atomic mass is 10.3. The van der Waals surface area contributed by atoms with Gasteiger partial charge in [0.1, 0.15) is 0 Å². The van der Waals surface area contributed by atoms with Gasteiger partial charge in [-0.2, -0.15) is 0 Å². The van der Waals surface area contributed by atoms with Crippen molar-refractivity contribution < 1.29 is 19.2 Å². The Hall–Kier alpha value is -3.49. The third-order valence-corrected chi connectivity index (χ3v) is 2.68. The highest BCUT2D eigenvalue weighted by Gasteiger charge is 2.15. The van der Waals surface area contributed by atoms with Gasteiger partial charge in [0.05, 0.1) is 4.92 Å². The van der Waals surface area contributed by atoms with E-state index in [1.54, 1.807) is 6.07 Å². The van der Waals surface area contributed by atoms with E-state index < -0.39 is 23.3 Å². The van der Waals surface area contributed by atoms with Crippen LogP contribution in [-0.2, 0) is 4.79 Å². The number of para-hydroxylation sites is 2. The van der Waals surface area contributed by atoms with Gasteiger partial charge < -0.3 is 4.74 Å². The molecule has 2 aromatic rings. The molecule has 2 N–H and O–H groups in total. The molecule has 0 aliphatic heterocycles. The molecule has 118 valence electrons. The Kier molecular flexibility index (Phi) is 5.18. The quantitative estimate of drug-likeness (QED) is 0.622. The Balaban J connectivity index is 1.84. The van der Waals surface area contributed by atoms with Crippen molar-refractivity contribution in [1.29, 1.82) is 0 Å². The Morgan fingerprint density at radius 2 is 1.83 bits per heavy atom. The molecule has 0 radical (unpaired) electrons. The minimum atomic E-state index is -0.662. The highest BCUT2D eigenvalue weighted by atomic mass is 16.6. The number of pyridine rings is 1. The lowest BCUT2D eigenvalue weighted by Gasteiger charge is -2.08. The van der Waals surface area contributed by atoms with E-state index in [-0.39, 0.29) is 11.4 Å². The predicted molar refractivity (Wildman–Crippen MR) is 78.4 cm³/mol. The molecular weight excluding hydrogens is 304 g/mol. The van der Waals surface area contributed by atoms with Crippen molar-refractivity contribution in [3.63, 3.8) is 0 Å². The van der Waals surface area contributed by atoms with Crippen LogP contribution in [0, 0.1) is 10.1 Å². The third kappa shape index (κ3) is 4.49. The van der Waals surface area contributed by atoms with Crippen LogP contribution >= 0.6 is 0 Å². The van der Waals surface area contributed by atoms with E-state index in [4.69, 9.17) is 4.74 Å². The molecule has 2 amide bonds. The lowest BCUT2D eigenvalue weighted by Crippen LogP contribution is -2.43. The molecule has 0 bridgehead atoms. The number of nitro groups is 1. The number of benzene rings is 1. The molecule has 0 fully saturated rings. The number of carbonyl (C=O) groups excluding carboxylic acids is 2. The van der Waals surface area contributed by atoms with Gasteiger partial charge in [0, 0.05) is 24.0 Å². The van der Waals surface area contributed by atoms with E-state index in [9.17, 15) is 19.7 Å². The van der Waals surface area contributed by atoms with Crippen LogP contribution in [0.3, 0.4) is 0 Å². The van der Waals surface area contributed by atoms with Crippen molar-refractivity contribution in [2.45, 2.75) is 0 Å². The van der Waals surface area contributed by atoms with Crippen LogP contribution in [0.15, 0.2) is 48.8 Å². The first-order valence-electron chi connectivity index (χ1n) is 6.43. The second-order valence-electron chi connectivity index (χ2n) is 4.25. The number of nitro benzene ring substituents is 1. The molecule has 0 aliphatic carbocycles. The van der Waals surface area contributed by atoms with E-state index >= 15 is 0 Å². The lowest BCUT2D eigenvalue weighted by molar-refractivity contribution is -0.385. The first kappa shape index (κ1) is 15.9. The van der Waals surface area contributed by atoms with Gasteiger partial charge in [0.15, 0.2) is 12.4 Å². The fourth-order valence-electron chi connectivity index (χ4n) is 1.61. The van der Waals surface area contributed by atoms with Crippen molar-refractivity contribution in [2.24, 2.45) is 0 Å². The maximum atomic E-state index is 11.7. The van der Waals surface area contributed by atoms with E-state index in [0.717, 1.165) is 0 Å². The summed E-state index contributed by atoms with van der Waals surface area (Å²) in [6, 6.07) is 8.63. The zero-order valence-corrected chi connectivity index (χ0v) is 11.8. The van der Waals surface area contributed by atoms with Crippen LogP contribution in [0.5, 0.6) is 5.75 Å². The number of hydrazine groups is 1. The Bertz CT molecular complexity index is 720.